The molecule has 4 rings (SSSR count). The van der Waals surface area contributed by atoms with Crippen LogP contribution in [0.5, 0.6) is 5.75 Å². The highest BCUT2D eigenvalue weighted by molar-refractivity contribution is 8.00. The zero-order valence-electron chi connectivity index (χ0n) is 19.1. The number of amides is 1. The monoisotopic (exact) mass is 504 g/mol. The van der Waals surface area contributed by atoms with Crippen molar-refractivity contribution in [3.8, 4) is 5.75 Å². The molecule has 1 atom stereocenters. The van der Waals surface area contributed by atoms with Crippen molar-refractivity contribution in [3.63, 3.8) is 0 Å². The van der Waals surface area contributed by atoms with Gasteiger partial charge in [-0.05, 0) is 55.0 Å². The Morgan fingerprint density at radius 2 is 1.74 bits per heavy atom. The van der Waals surface area contributed by atoms with Crippen molar-refractivity contribution < 1.29 is 14.1 Å². The fourth-order valence-corrected chi connectivity index (χ4v) is 4.64. The predicted octanol–water partition coefficient (Wildman–Crippen LogP) is 6.27. The number of nitrogens with one attached hydrogen (secondary N) is 3. The van der Waals surface area contributed by atoms with Crippen LogP contribution in [0.25, 0.3) is 0 Å². The van der Waals surface area contributed by atoms with Crippen LogP contribution in [0.4, 0.5) is 17.2 Å². The zero-order chi connectivity index (χ0) is 24.6. The molecule has 1 unspecified atom stereocenters. The summed E-state index contributed by atoms with van der Waals surface area (Å²) in [6.07, 6.45) is 0. The van der Waals surface area contributed by atoms with E-state index in [0.29, 0.717) is 22.4 Å². The summed E-state index contributed by atoms with van der Waals surface area (Å²) in [4.78, 5) is 14.1. The SMILES string of the molecule is COc1ccccc1NC(=S)Nc1cccc(SC(C(=O)Nc2cc(C)on2)c2ccccc2)c1. The van der Waals surface area contributed by atoms with Crippen LogP contribution in [0.15, 0.2) is 94.3 Å². The Morgan fingerprint density at radius 1 is 0.971 bits per heavy atom. The van der Waals surface area contributed by atoms with Crippen molar-refractivity contribution in [1.82, 2.24) is 5.16 Å². The van der Waals surface area contributed by atoms with E-state index in [9.17, 15) is 4.79 Å². The van der Waals surface area contributed by atoms with Crippen molar-refractivity contribution in [2.75, 3.05) is 23.1 Å². The number of nitrogens with zero attached hydrogens (tertiary/aromatic N) is 1. The quantitative estimate of drug-likeness (QED) is 0.191. The van der Waals surface area contributed by atoms with E-state index in [0.717, 1.165) is 21.8 Å². The molecule has 0 saturated carbocycles. The lowest BCUT2D eigenvalue weighted by atomic mass is 10.1. The number of benzene rings is 3. The molecule has 0 spiro atoms. The Morgan fingerprint density at radius 3 is 2.49 bits per heavy atom. The summed E-state index contributed by atoms with van der Waals surface area (Å²) < 4.78 is 10.4. The molecule has 7 nitrogen and oxygen atoms in total. The van der Waals surface area contributed by atoms with E-state index >= 15 is 0 Å². The van der Waals surface area contributed by atoms with E-state index in [1.165, 1.54) is 11.8 Å². The summed E-state index contributed by atoms with van der Waals surface area (Å²) in [6, 6.07) is 26.6. The molecule has 1 heterocycles. The van der Waals surface area contributed by atoms with Crippen LogP contribution >= 0.6 is 24.0 Å². The Labute approximate surface area is 213 Å². The molecule has 0 aliphatic heterocycles. The van der Waals surface area contributed by atoms with Crippen molar-refractivity contribution in [2.24, 2.45) is 0 Å². The molecule has 1 amide bonds. The number of methoxy groups -OCH3 is 1. The number of aryl methyl sites for hydroxylation is 1. The van der Waals surface area contributed by atoms with Crippen LogP contribution < -0.4 is 20.7 Å². The highest BCUT2D eigenvalue weighted by atomic mass is 32.2. The first-order chi connectivity index (χ1) is 17.0. The first kappa shape index (κ1) is 24.3. The molecule has 9 heteroatoms. The molecule has 0 fully saturated rings. The smallest absolute Gasteiger partial charge is 0.243 e. The first-order valence-corrected chi connectivity index (χ1v) is 12.1. The summed E-state index contributed by atoms with van der Waals surface area (Å²) in [5.41, 5.74) is 2.44. The number of carbonyl (C=O) groups excluding carboxylic acids is 1. The Bertz CT molecular complexity index is 1310. The maximum atomic E-state index is 13.2. The largest absolute Gasteiger partial charge is 0.495 e. The second-order valence-electron chi connectivity index (χ2n) is 7.53. The van der Waals surface area contributed by atoms with Gasteiger partial charge in [-0.15, -0.1) is 11.8 Å². The Balaban J connectivity index is 1.49. The predicted molar refractivity (Wildman–Crippen MR) is 144 cm³/mol. The molecular formula is C26H24N4O3S2. The number of thioether (sulfide) groups is 1. The molecule has 0 radical (unpaired) electrons. The van der Waals surface area contributed by atoms with Gasteiger partial charge in [-0.2, -0.15) is 0 Å². The van der Waals surface area contributed by atoms with Crippen molar-refractivity contribution in [1.29, 1.82) is 0 Å². The third-order valence-electron chi connectivity index (χ3n) is 4.92. The van der Waals surface area contributed by atoms with E-state index < -0.39 is 5.25 Å². The minimum atomic E-state index is -0.498. The highest BCUT2D eigenvalue weighted by Gasteiger charge is 2.23. The van der Waals surface area contributed by atoms with Crippen LogP contribution in [0.1, 0.15) is 16.6 Å². The topological polar surface area (TPSA) is 88.4 Å². The fourth-order valence-electron chi connectivity index (χ4n) is 3.33. The van der Waals surface area contributed by atoms with Gasteiger partial charge in [0.25, 0.3) is 0 Å². The van der Waals surface area contributed by atoms with Gasteiger partial charge in [-0.25, -0.2) is 0 Å². The minimum Gasteiger partial charge on any atom is -0.495 e. The van der Waals surface area contributed by atoms with E-state index in [1.807, 2.05) is 78.9 Å². The number of ether oxygens (including phenoxy) is 1. The van der Waals surface area contributed by atoms with Gasteiger partial charge in [0, 0.05) is 16.6 Å². The van der Waals surface area contributed by atoms with Gasteiger partial charge < -0.3 is 25.2 Å². The molecule has 4 aromatic rings. The van der Waals surface area contributed by atoms with E-state index in [4.69, 9.17) is 21.5 Å². The highest BCUT2D eigenvalue weighted by Crippen LogP contribution is 2.37. The lowest BCUT2D eigenvalue weighted by molar-refractivity contribution is -0.115. The van der Waals surface area contributed by atoms with E-state index in [2.05, 4.69) is 21.1 Å². The second-order valence-corrected chi connectivity index (χ2v) is 9.11. The number of hydrogen-bond acceptors (Lipinski definition) is 6. The molecule has 0 saturated heterocycles. The molecule has 178 valence electrons. The second kappa shape index (κ2) is 11.5. The first-order valence-electron chi connectivity index (χ1n) is 10.8. The molecule has 3 N–H and O–H groups in total. The molecule has 1 aromatic heterocycles. The third-order valence-corrected chi connectivity index (χ3v) is 6.37. The molecular weight excluding hydrogens is 480 g/mol. The van der Waals surface area contributed by atoms with Gasteiger partial charge in [0.05, 0.1) is 12.8 Å². The van der Waals surface area contributed by atoms with Crippen LogP contribution in [-0.4, -0.2) is 23.3 Å². The van der Waals surface area contributed by atoms with Crippen molar-refractivity contribution in [2.45, 2.75) is 17.1 Å². The number of aromatic nitrogens is 1. The maximum Gasteiger partial charge on any atom is 0.243 e. The number of anilines is 3. The summed E-state index contributed by atoms with van der Waals surface area (Å²) >= 11 is 6.92. The lowest BCUT2D eigenvalue weighted by Gasteiger charge is -2.17. The average molecular weight is 505 g/mol. The molecule has 0 aliphatic rings. The number of thiocarbonyl (C=S) groups is 1. The van der Waals surface area contributed by atoms with E-state index in [-0.39, 0.29) is 5.91 Å². The average Bonchev–Trinajstić information content (AvgIpc) is 3.27. The molecule has 0 aliphatic carbocycles. The van der Waals surface area contributed by atoms with Gasteiger partial charge in [0.15, 0.2) is 10.9 Å². The Kier molecular flexibility index (Phi) is 8.02. The summed E-state index contributed by atoms with van der Waals surface area (Å²) in [5.74, 6) is 1.51. The zero-order valence-corrected chi connectivity index (χ0v) is 20.8. The van der Waals surface area contributed by atoms with Crippen LogP contribution in [0.2, 0.25) is 0 Å². The van der Waals surface area contributed by atoms with Crippen LogP contribution in [0, 0.1) is 6.92 Å². The number of para-hydroxylation sites is 2. The maximum absolute atomic E-state index is 13.2. The van der Waals surface area contributed by atoms with Crippen molar-refractivity contribution >= 4 is 52.2 Å². The number of carbonyl (C=O) groups is 1. The summed E-state index contributed by atoms with van der Waals surface area (Å²) in [5, 5.41) is 13.0. The Hall–Kier alpha value is -3.82. The van der Waals surface area contributed by atoms with Gasteiger partial charge in [-0.1, -0.05) is 53.7 Å². The molecule has 3 aromatic carbocycles. The molecule has 0 bridgehead atoms. The summed E-state index contributed by atoms with van der Waals surface area (Å²) in [6.45, 7) is 1.78. The minimum absolute atomic E-state index is 0.193. The van der Waals surface area contributed by atoms with E-state index in [1.54, 1.807) is 20.1 Å². The third kappa shape index (κ3) is 6.62. The molecule has 35 heavy (non-hydrogen) atoms. The van der Waals surface area contributed by atoms with Gasteiger partial charge in [0.2, 0.25) is 5.91 Å². The van der Waals surface area contributed by atoms with Gasteiger partial charge in [-0.3, -0.25) is 4.79 Å². The van der Waals surface area contributed by atoms with Crippen LogP contribution in [0.3, 0.4) is 0 Å². The number of hydrogen-bond donors (Lipinski definition) is 3. The van der Waals surface area contributed by atoms with Crippen LogP contribution in [-0.2, 0) is 4.79 Å². The van der Waals surface area contributed by atoms with Gasteiger partial charge in [0.1, 0.15) is 16.8 Å². The number of rotatable bonds is 8. The fraction of sp³-hybridized carbons (Fsp3) is 0.115. The lowest BCUT2D eigenvalue weighted by Crippen LogP contribution is -2.20. The standard InChI is InChI=1S/C26H24N4O3S2/c1-17-15-23(30-33-17)29-25(31)24(18-9-4-3-5-10-18)35-20-12-8-11-19(16-20)27-26(34)28-21-13-6-7-14-22(21)32-2/h3-16,24H,1-2H3,(H2,27,28,34)(H,29,30,31). The van der Waals surface area contributed by atoms with Gasteiger partial charge >= 0.3 is 0 Å². The van der Waals surface area contributed by atoms with Crippen molar-refractivity contribution in [3.05, 3.63) is 96.3 Å². The normalized spacial score (nSPS) is 11.4. The summed E-state index contributed by atoms with van der Waals surface area (Å²) in [7, 11) is 1.61.